The summed E-state index contributed by atoms with van der Waals surface area (Å²) in [4.78, 5) is 32.3. The Hall–Kier alpha value is -4.97. The number of fused-ring (bicyclic) bond motifs is 4. The van der Waals surface area contributed by atoms with E-state index < -0.39 is 5.97 Å². The topological polar surface area (TPSA) is 110 Å². The predicted molar refractivity (Wildman–Crippen MR) is 234 cm³/mol. The number of ether oxygens (including phenoxy) is 1. The first-order valence-corrected chi connectivity index (χ1v) is 20.9. The van der Waals surface area contributed by atoms with Crippen LogP contribution in [0.3, 0.4) is 0 Å². The van der Waals surface area contributed by atoms with Crippen molar-refractivity contribution in [1.29, 1.82) is 0 Å². The van der Waals surface area contributed by atoms with Crippen LogP contribution in [-0.4, -0.2) is 80.1 Å². The second-order valence-electron chi connectivity index (χ2n) is 16.1. The summed E-state index contributed by atoms with van der Waals surface area (Å²) in [7, 11) is 3.78. The zero-order valence-corrected chi connectivity index (χ0v) is 35.8. The van der Waals surface area contributed by atoms with Crippen LogP contribution in [0.4, 0.5) is 11.4 Å². The number of anilines is 2. The van der Waals surface area contributed by atoms with E-state index in [-0.39, 0.29) is 17.5 Å². The van der Waals surface area contributed by atoms with Gasteiger partial charge >= 0.3 is 5.97 Å². The summed E-state index contributed by atoms with van der Waals surface area (Å²) in [6.07, 6.45) is 5.28. The van der Waals surface area contributed by atoms with Crippen molar-refractivity contribution in [3.8, 4) is 16.9 Å². The molecule has 0 aliphatic carbocycles. The number of aryl methyl sites for hydroxylation is 6. The Morgan fingerprint density at radius 3 is 2.38 bits per heavy atom. The van der Waals surface area contributed by atoms with Gasteiger partial charge < -0.3 is 34.1 Å². The van der Waals surface area contributed by atoms with Crippen LogP contribution in [0, 0.1) is 27.7 Å². The molecular weight excluding hydrogens is 773 g/mol. The average Bonchev–Trinajstić information content (AvgIpc) is 3.95. The molecule has 8 rings (SSSR count). The first-order valence-electron chi connectivity index (χ1n) is 20.1. The van der Waals surface area contributed by atoms with Gasteiger partial charge in [-0.2, -0.15) is 5.10 Å². The molecule has 2 aliphatic heterocycles. The molecule has 11 nitrogen and oxygen atoms in total. The number of carbonyl (C=O) groups is 2. The van der Waals surface area contributed by atoms with Crippen LogP contribution in [0.25, 0.3) is 32.9 Å². The normalized spacial score (nSPS) is 15.9. The van der Waals surface area contributed by atoms with Gasteiger partial charge in [0.1, 0.15) is 11.4 Å². The van der Waals surface area contributed by atoms with Crippen molar-refractivity contribution in [3.05, 3.63) is 92.0 Å². The number of carbonyl (C=O) groups excluding carboxylic acids is 1. The number of nitrogens with one attached hydrogen (secondary N) is 1. The molecule has 2 aliphatic rings. The third-order valence-electron chi connectivity index (χ3n) is 12.1. The van der Waals surface area contributed by atoms with E-state index in [1.807, 2.05) is 92.3 Å². The van der Waals surface area contributed by atoms with Crippen LogP contribution in [0.15, 0.2) is 42.6 Å². The van der Waals surface area contributed by atoms with E-state index in [1.165, 1.54) is 12.8 Å². The summed E-state index contributed by atoms with van der Waals surface area (Å²) < 4.78 is 12.2. The van der Waals surface area contributed by atoms with Crippen molar-refractivity contribution in [3.63, 3.8) is 0 Å². The average molecular weight is 825 g/mol. The number of carboxylic acids is 1. The molecule has 1 saturated heterocycles. The number of aromatic carboxylic acids is 1. The number of benzene rings is 3. The van der Waals surface area contributed by atoms with Gasteiger partial charge in [0.15, 0.2) is 0 Å². The van der Waals surface area contributed by atoms with Gasteiger partial charge in [0.25, 0.3) is 5.91 Å². The molecule has 3 aromatic heterocycles. The molecule has 0 saturated carbocycles. The maximum absolute atomic E-state index is 15.4. The Balaban J connectivity index is 1.25. The summed E-state index contributed by atoms with van der Waals surface area (Å²) in [5.41, 5.74) is 10.4. The van der Waals surface area contributed by atoms with Gasteiger partial charge in [0.2, 0.25) is 0 Å². The molecule has 3 aromatic carbocycles. The molecule has 2 N–H and O–H groups in total. The van der Waals surface area contributed by atoms with Crippen LogP contribution in [0.5, 0.6) is 5.75 Å². The Kier molecular flexibility index (Phi) is 10.8. The van der Waals surface area contributed by atoms with Gasteiger partial charge in [-0.3, -0.25) is 9.48 Å². The van der Waals surface area contributed by atoms with Crippen molar-refractivity contribution in [2.75, 3.05) is 49.5 Å². The lowest BCUT2D eigenvalue weighted by molar-refractivity contribution is 0.0698. The fraction of sp³-hybridized carbons (Fsp3) is 0.400. The largest absolute Gasteiger partial charge is 0.494 e. The zero-order valence-electron chi connectivity index (χ0n) is 34.3. The number of halogens is 2. The Morgan fingerprint density at radius 1 is 0.983 bits per heavy atom. The maximum atomic E-state index is 15.4. The molecule has 6 aromatic rings. The van der Waals surface area contributed by atoms with Crippen molar-refractivity contribution < 1.29 is 19.4 Å². The second kappa shape index (κ2) is 15.7. The highest BCUT2D eigenvalue weighted by molar-refractivity contribution is 6.35. The highest BCUT2D eigenvalue weighted by Gasteiger charge is 2.38. The molecule has 1 fully saturated rings. The zero-order chi connectivity index (χ0) is 41.2. The number of rotatable bonds is 12. The molecule has 13 heteroatoms. The summed E-state index contributed by atoms with van der Waals surface area (Å²) in [6.45, 7) is 14.7. The SMILES string of the molecule is Cc1cc(OCCCc2c3n(c4c(-c5c(C)nn(C)c5C)c(Cl)ccc24)[C@H](C)CN(c2cc(NCCN4CCCC4)cc4c(C(=O)O)cn(C)c24)C3=O)cc(C)c1Cl. The molecule has 0 spiro atoms. The maximum Gasteiger partial charge on any atom is 0.337 e. The lowest BCUT2D eigenvalue weighted by Gasteiger charge is -2.35. The fourth-order valence-corrected chi connectivity index (χ4v) is 9.66. The first-order chi connectivity index (χ1) is 27.7. The minimum atomic E-state index is -1.01. The van der Waals surface area contributed by atoms with Crippen LogP contribution >= 0.6 is 23.2 Å². The molecule has 1 atom stereocenters. The van der Waals surface area contributed by atoms with Crippen molar-refractivity contribution in [2.24, 2.45) is 14.1 Å². The van der Waals surface area contributed by atoms with E-state index in [0.29, 0.717) is 59.8 Å². The summed E-state index contributed by atoms with van der Waals surface area (Å²) in [5.74, 6) is -0.399. The third-order valence-corrected chi connectivity index (χ3v) is 13.0. The molecule has 58 heavy (non-hydrogen) atoms. The Bertz CT molecular complexity index is 2590. The van der Waals surface area contributed by atoms with Crippen molar-refractivity contribution in [2.45, 2.75) is 66.3 Å². The molecular formula is C45H51Cl2N7O4. The lowest BCUT2D eigenvalue weighted by Crippen LogP contribution is -2.43. The Morgan fingerprint density at radius 2 is 1.71 bits per heavy atom. The van der Waals surface area contributed by atoms with Crippen LogP contribution < -0.4 is 15.0 Å². The highest BCUT2D eigenvalue weighted by atomic mass is 35.5. The Labute approximate surface area is 349 Å². The van der Waals surface area contributed by atoms with Crippen LogP contribution in [-0.2, 0) is 20.5 Å². The number of amides is 1. The number of carboxylic acid groups (broad SMARTS) is 1. The van der Waals surface area contributed by atoms with Crippen molar-refractivity contribution >= 4 is 68.3 Å². The smallest absolute Gasteiger partial charge is 0.337 e. The molecule has 0 radical (unpaired) electrons. The number of aromatic nitrogens is 4. The predicted octanol–water partition coefficient (Wildman–Crippen LogP) is 9.51. The minimum Gasteiger partial charge on any atom is -0.494 e. The summed E-state index contributed by atoms with van der Waals surface area (Å²) in [5, 5.41) is 21.5. The monoisotopic (exact) mass is 823 g/mol. The lowest BCUT2D eigenvalue weighted by atomic mass is 9.98. The molecule has 1 amide bonds. The van der Waals surface area contributed by atoms with E-state index in [0.717, 1.165) is 86.2 Å². The fourth-order valence-electron chi connectivity index (χ4n) is 9.30. The van der Waals surface area contributed by atoms with E-state index >= 15 is 4.79 Å². The van der Waals surface area contributed by atoms with Crippen LogP contribution in [0.2, 0.25) is 10.0 Å². The van der Waals surface area contributed by atoms with Gasteiger partial charge in [0.05, 0.1) is 39.6 Å². The van der Waals surface area contributed by atoms with Gasteiger partial charge in [-0.15, -0.1) is 0 Å². The van der Waals surface area contributed by atoms with E-state index in [9.17, 15) is 9.90 Å². The third kappa shape index (κ3) is 6.90. The summed E-state index contributed by atoms with van der Waals surface area (Å²) >= 11 is 13.6. The van der Waals surface area contributed by atoms with Crippen molar-refractivity contribution in [1.82, 2.24) is 23.8 Å². The highest BCUT2D eigenvalue weighted by Crippen LogP contribution is 2.46. The number of likely N-dealkylation sites (tertiary alicyclic amines) is 1. The van der Waals surface area contributed by atoms with E-state index in [1.54, 1.807) is 6.20 Å². The van der Waals surface area contributed by atoms with E-state index in [4.69, 9.17) is 33.0 Å². The van der Waals surface area contributed by atoms with Gasteiger partial charge in [-0.1, -0.05) is 29.3 Å². The quantitative estimate of drug-likeness (QED) is 0.118. The van der Waals surface area contributed by atoms with Crippen LogP contribution in [0.1, 0.15) is 81.2 Å². The van der Waals surface area contributed by atoms with Gasteiger partial charge in [-0.25, -0.2) is 4.79 Å². The molecule has 0 bridgehead atoms. The molecule has 0 unspecified atom stereocenters. The standard InChI is InChI=1S/C45H51Cl2N7O4/c1-25-19-31(20-26(2)40(25)47)58-18-10-11-32-33-12-13-36(46)39(38-28(4)49-51(7)29(38)5)42(33)54-27(3)23-53(44(55)43(32)54)37-22-30(48-14-17-52-15-8-9-16-52)21-34-35(45(56)57)24-50(6)41(34)37/h12-13,19-22,24,27,48H,8-11,14-18,23H2,1-7H3,(H,56,57)/t27-/m1/s1. The first kappa shape index (κ1) is 39.8. The van der Waals surface area contributed by atoms with Gasteiger partial charge in [0, 0.05) is 84.3 Å². The van der Waals surface area contributed by atoms with E-state index in [2.05, 4.69) is 21.7 Å². The second-order valence-corrected chi connectivity index (χ2v) is 16.9. The number of hydrogen-bond donors (Lipinski definition) is 2. The molecule has 304 valence electrons. The number of hydrogen-bond acceptors (Lipinski definition) is 6. The number of nitrogens with zero attached hydrogens (tertiary/aromatic N) is 6. The minimum absolute atomic E-state index is 0.149. The van der Waals surface area contributed by atoms with Gasteiger partial charge in [-0.05, 0) is 120 Å². The summed E-state index contributed by atoms with van der Waals surface area (Å²) in [6, 6.07) is 11.6. The molecule has 5 heterocycles.